The fourth-order valence-corrected chi connectivity index (χ4v) is 1.67. The van der Waals surface area contributed by atoms with Gasteiger partial charge in [-0.15, -0.1) is 0 Å². The average Bonchev–Trinajstić information content (AvgIpc) is 2.74. The number of benzene rings is 1. The van der Waals surface area contributed by atoms with E-state index >= 15 is 0 Å². The van der Waals surface area contributed by atoms with Crippen molar-refractivity contribution in [1.29, 1.82) is 0 Å². The minimum absolute atomic E-state index is 0.0457. The number of hydrogen-bond donors (Lipinski definition) is 1. The molecule has 0 amide bonds. The largest absolute Gasteiger partial charge is 0.292 e. The third-order valence-corrected chi connectivity index (χ3v) is 2.78. The molecule has 0 aliphatic carbocycles. The molecule has 0 saturated heterocycles. The number of H-pyrrole nitrogens is 1. The lowest BCUT2D eigenvalue weighted by atomic mass is 10.1. The summed E-state index contributed by atoms with van der Waals surface area (Å²) >= 11 is 3.39. The van der Waals surface area contributed by atoms with Crippen LogP contribution in [0, 0.1) is 0 Å². The van der Waals surface area contributed by atoms with Crippen molar-refractivity contribution in [2.24, 2.45) is 0 Å². The fraction of sp³-hybridized carbons (Fsp3) is 0.100. The molecule has 5 heteroatoms. The number of aromatic nitrogens is 3. The molecule has 0 aliphatic rings. The van der Waals surface area contributed by atoms with Gasteiger partial charge in [0.1, 0.15) is 5.69 Å². The second kappa shape index (κ2) is 4.35. The maximum atomic E-state index is 11.7. The van der Waals surface area contributed by atoms with E-state index in [2.05, 4.69) is 31.3 Å². The van der Waals surface area contributed by atoms with Gasteiger partial charge < -0.3 is 0 Å². The number of Topliss-reactive ketones (excluding diaryl/α,β-unsaturated/α-hetero) is 1. The number of aromatic amines is 1. The molecule has 1 aromatic heterocycles. The number of hydrogen-bond acceptors (Lipinski definition) is 3. The van der Waals surface area contributed by atoms with Gasteiger partial charge in [-0.05, 0) is 11.6 Å². The molecular formula is C10H8BrN3O. The third-order valence-electron chi connectivity index (χ3n) is 2.01. The van der Waals surface area contributed by atoms with Crippen LogP contribution in [0.2, 0.25) is 0 Å². The van der Waals surface area contributed by atoms with Gasteiger partial charge in [0.15, 0.2) is 5.78 Å². The second-order valence-electron chi connectivity index (χ2n) is 3.05. The van der Waals surface area contributed by atoms with Gasteiger partial charge in [-0.1, -0.05) is 34.1 Å². The zero-order valence-electron chi connectivity index (χ0n) is 7.77. The van der Waals surface area contributed by atoms with Gasteiger partial charge in [0.05, 0.1) is 6.20 Å². The number of nitrogens with one attached hydrogen (secondary N) is 1. The molecule has 0 radical (unpaired) electrons. The first kappa shape index (κ1) is 10.0. The van der Waals surface area contributed by atoms with Crippen molar-refractivity contribution in [3.8, 4) is 0 Å². The van der Waals surface area contributed by atoms with E-state index in [9.17, 15) is 4.79 Å². The molecule has 4 nitrogen and oxygen atoms in total. The highest BCUT2D eigenvalue weighted by molar-refractivity contribution is 9.10. The molecule has 0 bridgehead atoms. The minimum Gasteiger partial charge on any atom is -0.292 e. The highest BCUT2D eigenvalue weighted by atomic mass is 79.9. The SMILES string of the molecule is O=C(Cc1ccccc1Br)c1cn[nH]n1. The van der Waals surface area contributed by atoms with Crippen molar-refractivity contribution >= 4 is 21.7 Å². The lowest BCUT2D eigenvalue weighted by molar-refractivity contribution is 0.0988. The molecule has 0 saturated carbocycles. The lowest BCUT2D eigenvalue weighted by Gasteiger charge is -2.00. The Morgan fingerprint density at radius 3 is 2.87 bits per heavy atom. The summed E-state index contributed by atoms with van der Waals surface area (Å²) in [5.74, 6) is -0.0457. The summed E-state index contributed by atoms with van der Waals surface area (Å²) in [6, 6.07) is 7.62. The number of nitrogens with zero attached hydrogens (tertiary/aromatic N) is 2. The van der Waals surface area contributed by atoms with E-state index in [0.717, 1.165) is 10.0 Å². The van der Waals surface area contributed by atoms with Crippen LogP contribution in [0.3, 0.4) is 0 Å². The Labute approximate surface area is 94.8 Å². The van der Waals surface area contributed by atoms with Crippen LogP contribution < -0.4 is 0 Å². The first-order chi connectivity index (χ1) is 7.27. The fourth-order valence-electron chi connectivity index (χ4n) is 1.24. The van der Waals surface area contributed by atoms with Crippen LogP contribution in [0.1, 0.15) is 16.1 Å². The second-order valence-corrected chi connectivity index (χ2v) is 3.90. The molecule has 0 fully saturated rings. The summed E-state index contributed by atoms with van der Waals surface area (Å²) in [7, 11) is 0. The van der Waals surface area contributed by atoms with Crippen LogP contribution >= 0.6 is 15.9 Å². The van der Waals surface area contributed by atoms with Crippen LogP contribution in [0.4, 0.5) is 0 Å². The average molecular weight is 266 g/mol. The summed E-state index contributed by atoms with van der Waals surface area (Å²) in [6.45, 7) is 0. The van der Waals surface area contributed by atoms with Crippen molar-refractivity contribution in [3.63, 3.8) is 0 Å². The Bertz CT molecular complexity index is 467. The Hall–Kier alpha value is -1.49. The maximum Gasteiger partial charge on any atom is 0.189 e. The van der Waals surface area contributed by atoms with E-state index in [0.29, 0.717) is 12.1 Å². The molecular weight excluding hydrogens is 258 g/mol. The van der Waals surface area contributed by atoms with Gasteiger partial charge in [0.25, 0.3) is 0 Å². The topological polar surface area (TPSA) is 58.6 Å². The predicted molar refractivity (Wildman–Crippen MR) is 58.6 cm³/mol. The van der Waals surface area contributed by atoms with Gasteiger partial charge in [0, 0.05) is 10.9 Å². The van der Waals surface area contributed by atoms with Gasteiger partial charge in [-0.2, -0.15) is 15.4 Å². The van der Waals surface area contributed by atoms with Gasteiger partial charge >= 0.3 is 0 Å². The van der Waals surface area contributed by atoms with Crippen LogP contribution in [0.15, 0.2) is 34.9 Å². The molecule has 2 aromatic rings. The van der Waals surface area contributed by atoms with Crippen molar-refractivity contribution in [2.45, 2.75) is 6.42 Å². The van der Waals surface area contributed by atoms with Gasteiger partial charge in [0.2, 0.25) is 0 Å². The van der Waals surface area contributed by atoms with Crippen molar-refractivity contribution in [3.05, 3.63) is 46.2 Å². The number of ketones is 1. The van der Waals surface area contributed by atoms with Crippen LogP contribution in [-0.2, 0) is 6.42 Å². The molecule has 0 unspecified atom stereocenters. The van der Waals surface area contributed by atoms with Gasteiger partial charge in [-0.3, -0.25) is 4.79 Å². The number of halogens is 1. The molecule has 0 atom stereocenters. The van der Waals surface area contributed by atoms with E-state index in [1.165, 1.54) is 6.20 Å². The smallest absolute Gasteiger partial charge is 0.189 e. The Balaban J connectivity index is 2.17. The molecule has 0 aliphatic heterocycles. The monoisotopic (exact) mass is 265 g/mol. The van der Waals surface area contributed by atoms with Crippen LogP contribution in [0.25, 0.3) is 0 Å². The normalized spacial score (nSPS) is 10.2. The van der Waals surface area contributed by atoms with E-state index in [1.807, 2.05) is 24.3 Å². The molecule has 76 valence electrons. The Morgan fingerprint density at radius 1 is 1.40 bits per heavy atom. The van der Waals surface area contributed by atoms with E-state index in [4.69, 9.17) is 0 Å². The molecule has 1 N–H and O–H groups in total. The zero-order valence-corrected chi connectivity index (χ0v) is 9.36. The number of carbonyl (C=O) groups excluding carboxylic acids is 1. The molecule has 2 rings (SSSR count). The lowest BCUT2D eigenvalue weighted by Crippen LogP contribution is -2.04. The first-order valence-electron chi connectivity index (χ1n) is 4.40. The summed E-state index contributed by atoms with van der Waals surface area (Å²) in [4.78, 5) is 11.7. The molecule has 1 aromatic carbocycles. The van der Waals surface area contributed by atoms with Gasteiger partial charge in [-0.25, -0.2) is 0 Å². The highest BCUT2D eigenvalue weighted by Crippen LogP contribution is 2.17. The standard InChI is InChI=1S/C10H8BrN3O/c11-8-4-2-1-3-7(8)5-10(15)9-6-12-14-13-9/h1-4,6H,5H2,(H,12,13,14). The Kier molecular flexibility index (Phi) is 2.91. The first-order valence-corrected chi connectivity index (χ1v) is 5.19. The van der Waals surface area contributed by atoms with Crippen molar-refractivity contribution in [1.82, 2.24) is 15.4 Å². The molecule has 1 heterocycles. The van der Waals surface area contributed by atoms with Crippen LogP contribution in [0.5, 0.6) is 0 Å². The number of carbonyl (C=O) groups is 1. The zero-order chi connectivity index (χ0) is 10.7. The highest BCUT2D eigenvalue weighted by Gasteiger charge is 2.11. The van der Waals surface area contributed by atoms with Crippen LogP contribution in [-0.4, -0.2) is 21.2 Å². The quantitative estimate of drug-likeness (QED) is 0.864. The summed E-state index contributed by atoms with van der Waals surface area (Å²) in [5, 5.41) is 9.76. The minimum atomic E-state index is -0.0457. The summed E-state index contributed by atoms with van der Waals surface area (Å²) in [6.07, 6.45) is 1.76. The maximum absolute atomic E-state index is 11.7. The summed E-state index contributed by atoms with van der Waals surface area (Å²) < 4.78 is 0.932. The molecule has 15 heavy (non-hydrogen) atoms. The third kappa shape index (κ3) is 2.30. The number of rotatable bonds is 3. The summed E-state index contributed by atoms with van der Waals surface area (Å²) in [5.41, 5.74) is 1.32. The van der Waals surface area contributed by atoms with E-state index in [1.54, 1.807) is 0 Å². The van der Waals surface area contributed by atoms with Crippen molar-refractivity contribution in [2.75, 3.05) is 0 Å². The predicted octanol–water partition coefficient (Wildman–Crippen LogP) is 1.99. The Morgan fingerprint density at radius 2 is 2.20 bits per heavy atom. The molecule has 0 spiro atoms. The van der Waals surface area contributed by atoms with E-state index < -0.39 is 0 Å². The van der Waals surface area contributed by atoms with E-state index in [-0.39, 0.29) is 5.78 Å². The van der Waals surface area contributed by atoms with Crippen molar-refractivity contribution < 1.29 is 4.79 Å².